The molecule has 5 aromatic heterocycles. The first kappa shape index (κ1) is 23.0. The number of hydrogen-bond acceptors (Lipinski definition) is 7. The largest absolute Gasteiger partial charge is 0.351 e. The normalized spacial score (nSPS) is 17.9. The lowest BCUT2D eigenvalue weighted by molar-refractivity contribution is 0.0944. The molecule has 1 N–H and O–H groups in total. The Kier molecular flexibility index (Phi) is 6.32. The number of imidazole rings is 1. The number of amides is 1. The Morgan fingerprint density at radius 3 is 2.92 bits per heavy atom. The van der Waals surface area contributed by atoms with Gasteiger partial charge in [0.1, 0.15) is 23.9 Å². The van der Waals surface area contributed by atoms with Gasteiger partial charge in [-0.05, 0) is 65.4 Å². The number of halogens is 1. The molecule has 0 aromatic carbocycles. The molecule has 1 unspecified atom stereocenters. The Labute approximate surface area is 219 Å². The van der Waals surface area contributed by atoms with Crippen LogP contribution in [0.2, 0.25) is 0 Å². The van der Waals surface area contributed by atoms with Crippen molar-refractivity contribution in [2.45, 2.75) is 31.7 Å². The van der Waals surface area contributed by atoms with E-state index in [4.69, 9.17) is 4.98 Å². The third-order valence-corrected chi connectivity index (χ3v) is 8.20. The molecule has 36 heavy (non-hydrogen) atoms. The summed E-state index contributed by atoms with van der Waals surface area (Å²) in [5, 5.41) is 7.38. The molecule has 0 spiro atoms. The van der Waals surface area contributed by atoms with Gasteiger partial charge < -0.3 is 9.88 Å². The minimum atomic E-state index is -0.0152. The summed E-state index contributed by atoms with van der Waals surface area (Å²) < 4.78 is 4.92. The molecule has 0 aliphatic heterocycles. The first-order valence-electron chi connectivity index (χ1n) is 11.8. The van der Waals surface area contributed by atoms with Crippen molar-refractivity contribution < 1.29 is 4.79 Å². The van der Waals surface area contributed by atoms with Crippen LogP contribution >= 0.6 is 27.3 Å². The number of thiophene rings is 1. The molecule has 0 radical (unpaired) electrons. The van der Waals surface area contributed by atoms with E-state index in [0.29, 0.717) is 18.3 Å². The van der Waals surface area contributed by atoms with Gasteiger partial charge in [0.25, 0.3) is 5.91 Å². The molecule has 0 bridgehead atoms. The summed E-state index contributed by atoms with van der Waals surface area (Å²) in [5.74, 6) is 1.89. The zero-order chi connectivity index (χ0) is 24.5. The zero-order valence-corrected chi connectivity index (χ0v) is 21.7. The highest BCUT2D eigenvalue weighted by atomic mass is 79.9. The molecule has 9 nitrogen and oxygen atoms in total. The van der Waals surface area contributed by atoms with Crippen LogP contribution in [-0.4, -0.2) is 46.7 Å². The Morgan fingerprint density at radius 1 is 1.19 bits per heavy atom. The Morgan fingerprint density at radius 2 is 2.14 bits per heavy atom. The van der Waals surface area contributed by atoms with Crippen LogP contribution in [0.1, 0.15) is 41.4 Å². The smallest absolute Gasteiger partial charge is 0.261 e. The Hall–Kier alpha value is -3.44. The van der Waals surface area contributed by atoms with Crippen LogP contribution in [0.15, 0.2) is 65.2 Å². The number of carbonyl (C=O) groups is 1. The Balaban J connectivity index is 1.32. The lowest BCUT2D eigenvalue weighted by Crippen LogP contribution is -2.32. The van der Waals surface area contributed by atoms with Crippen molar-refractivity contribution in [1.29, 1.82) is 0 Å². The first-order chi connectivity index (χ1) is 17.7. The van der Waals surface area contributed by atoms with E-state index in [1.807, 2.05) is 36.4 Å². The summed E-state index contributed by atoms with van der Waals surface area (Å²) >= 11 is 4.88. The van der Waals surface area contributed by atoms with E-state index < -0.39 is 0 Å². The van der Waals surface area contributed by atoms with E-state index in [0.717, 1.165) is 56.9 Å². The van der Waals surface area contributed by atoms with E-state index in [-0.39, 0.29) is 11.9 Å². The maximum Gasteiger partial charge on any atom is 0.261 e. The molecule has 0 saturated heterocycles. The van der Waals surface area contributed by atoms with Crippen LogP contribution in [0.5, 0.6) is 0 Å². The van der Waals surface area contributed by atoms with Gasteiger partial charge in [0, 0.05) is 24.8 Å². The van der Waals surface area contributed by atoms with Gasteiger partial charge in [0.15, 0.2) is 11.6 Å². The molecule has 6 rings (SSSR count). The summed E-state index contributed by atoms with van der Waals surface area (Å²) in [6.07, 6.45) is 10.9. The van der Waals surface area contributed by atoms with Gasteiger partial charge in [-0.3, -0.25) is 9.78 Å². The van der Waals surface area contributed by atoms with Gasteiger partial charge in [-0.2, -0.15) is 5.10 Å². The van der Waals surface area contributed by atoms with Crippen molar-refractivity contribution >= 4 is 44.2 Å². The van der Waals surface area contributed by atoms with Crippen molar-refractivity contribution in [2.75, 3.05) is 6.54 Å². The van der Waals surface area contributed by atoms with Gasteiger partial charge >= 0.3 is 0 Å². The summed E-state index contributed by atoms with van der Waals surface area (Å²) in [7, 11) is 0. The molecular formula is C25H23BrN8OS. The lowest BCUT2D eigenvalue weighted by atomic mass is 9.85. The van der Waals surface area contributed by atoms with Crippen molar-refractivity contribution in [3.8, 4) is 17.3 Å². The number of carbonyl (C=O) groups excluding carboxylic acids is 1. The number of hydrogen-bond donors (Lipinski definition) is 1. The van der Waals surface area contributed by atoms with E-state index >= 15 is 0 Å². The summed E-state index contributed by atoms with van der Waals surface area (Å²) in [6.45, 7) is 0.655. The molecule has 5 heterocycles. The Bertz CT molecular complexity index is 1500. The van der Waals surface area contributed by atoms with Gasteiger partial charge in [-0.25, -0.2) is 19.6 Å². The lowest BCUT2D eigenvalue weighted by Gasteiger charge is -2.31. The van der Waals surface area contributed by atoms with Crippen LogP contribution in [0.25, 0.3) is 28.4 Å². The van der Waals surface area contributed by atoms with E-state index in [1.165, 1.54) is 17.7 Å². The number of aromatic nitrogens is 7. The zero-order valence-electron chi connectivity index (χ0n) is 19.3. The van der Waals surface area contributed by atoms with E-state index in [1.54, 1.807) is 23.4 Å². The van der Waals surface area contributed by atoms with Crippen molar-refractivity contribution in [2.24, 2.45) is 5.92 Å². The molecule has 1 amide bonds. The average Bonchev–Trinajstić information content (AvgIpc) is 3.67. The highest BCUT2D eigenvalue weighted by molar-refractivity contribution is 9.11. The quantitative estimate of drug-likeness (QED) is 0.310. The van der Waals surface area contributed by atoms with Crippen molar-refractivity contribution in [3.05, 3.63) is 70.1 Å². The maximum atomic E-state index is 12.6. The number of fused-ring (bicyclic) bond motifs is 1. The molecule has 182 valence electrons. The van der Waals surface area contributed by atoms with Gasteiger partial charge in [-0.15, -0.1) is 11.3 Å². The maximum absolute atomic E-state index is 12.6. The highest BCUT2D eigenvalue weighted by Gasteiger charge is 2.28. The monoisotopic (exact) mass is 562 g/mol. The highest BCUT2D eigenvalue weighted by Crippen LogP contribution is 2.38. The molecule has 11 heteroatoms. The topological polar surface area (TPSA) is 103 Å². The SMILES string of the molecule is O=C(NCC1CCC[C@@H](n2c(-c3ccccn3)nc3cnc(-n4cncn4)cc32)C1)c1ccc(Br)s1. The average molecular weight is 563 g/mol. The van der Waals surface area contributed by atoms with Crippen LogP contribution in [0, 0.1) is 5.92 Å². The number of pyridine rings is 2. The summed E-state index contributed by atoms with van der Waals surface area (Å²) in [4.78, 5) is 31.5. The molecule has 1 aliphatic rings. The summed E-state index contributed by atoms with van der Waals surface area (Å²) in [6, 6.07) is 11.9. The molecule has 1 aliphatic carbocycles. The molecule has 1 fully saturated rings. The molecule has 5 aromatic rings. The van der Waals surface area contributed by atoms with Gasteiger partial charge in [-0.1, -0.05) is 12.5 Å². The first-order valence-corrected chi connectivity index (χ1v) is 13.4. The fourth-order valence-electron chi connectivity index (χ4n) is 4.93. The van der Waals surface area contributed by atoms with Crippen LogP contribution < -0.4 is 5.32 Å². The number of nitrogens with zero attached hydrogens (tertiary/aromatic N) is 7. The fraction of sp³-hybridized carbons (Fsp3) is 0.280. The van der Waals surface area contributed by atoms with E-state index in [2.05, 4.69) is 45.9 Å². The van der Waals surface area contributed by atoms with E-state index in [9.17, 15) is 4.79 Å². The van der Waals surface area contributed by atoms with Crippen LogP contribution in [-0.2, 0) is 0 Å². The van der Waals surface area contributed by atoms with Crippen molar-refractivity contribution in [1.82, 2.24) is 39.6 Å². The van der Waals surface area contributed by atoms with Crippen LogP contribution in [0.4, 0.5) is 0 Å². The predicted octanol–water partition coefficient (Wildman–Crippen LogP) is 5.06. The second-order valence-electron chi connectivity index (χ2n) is 8.89. The standard InChI is InChI=1S/C25H23BrN8OS/c26-22-8-7-21(36-22)25(35)30-12-16-4-3-5-17(10-16)34-20-11-23(33-15-27-14-31-33)29-13-19(20)32-24(34)18-6-1-2-9-28-18/h1-2,6-9,11,13-17H,3-5,10,12H2,(H,30,35)/t16?,17-/m1/s1. The minimum absolute atomic E-state index is 0.0152. The molecule has 1 saturated carbocycles. The van der Waals surface area contributed by atoms with Gasteiger partial charge in [0.05, 0.1) is 20.4 Å². The molecular weight excluding hydrogens is 540 g/mol. The third-order valence-electron chi connectivity index (χ3n) is 6.58. The second-order valence-corrected chi connectivity index (χ2v) is 11.4. The second kappa shape index (κ2) is 9.90. The summed E-state index contributed by atoms with van der Waals surface area (Å²) in [5.41, 5.74) is 2.64. The number of nitrogens with one attached hydrogen (secondary N) is 1. The molecule has 2 atom stereocenters. The fourth-order valence-corrected chi connectivity index (χ4v) is 6.23. The third kappa shape index (κ3) is 4.56. The van der Waals surface area contributed by atoms with Crippen LogP contribution in [0.3, 0.4) is 0 Å². The number of rotatable bonds is 6. The minimum Gasteiger partial charge on any atom is -0.351 e. The van der Waals surface area contributed by atoms with Gasteiger partial charge in [0.2, 0.25) is 0 Å². The van der Waals surface area contributed by atoms with Crippen molar-refractivity contribution in [3.63, 3.8) is 0 Å². The predicted molar refractivity (Wildman–Crippen MR) is 141 cm³/mol.